The first-order valence-corrected chi connectivity index (χ1v) is 7.37. The lowest BCUT2D eigenvalue weighted by atomic mass is 10.1. The van der Waals surface area contributed by atoms with Crippen molar-refractivity contribution in [3.8, 4) is 0 Å². The average Bonchev–Trinajstić information content (AvgIpc) is 2.48. The van der Waals surface area contributed by atoms with E-state index in [4.69, 9.17) is 5.73 Å². The number of rotatable bonds is 3. The topological polar surface area (TPSA) is 64.2 Å². The number of halogens is 2. The van der Waals surface area contributed by atoms with E-state index < -0.39 is 11.6 Å². The van der Waals surface area contributed by atoms with E-state index in [1.807, 2.05) is 0 Å². The average molecular weight is 308 g/mol. The summed E-state index contributed by atoms with van der Waals surface area (Å²) in [6, 6.07) is 2.15. The first-order valence-electron chi connectivity index (χ1n) is 7.37. The van der Waals surface area contributed by atoms with Crippen LogP contribution in [0.25, 0.3) is 11.0 Å². The number of nitrogens with zero attached hydrogens (tertiary/aromatic N) is 3. The molecule has 0 amide bonds. The van der Waals surface area contributed by atoms with Gasteiger partial charge in [0.1, 0.15) is 11.3 Å². The van der Waals surface area contributed by atoms with Crippen molar-refractivity contribution in [3.05, 3.63) is 40.3 Å². The van der Waals surface area contributed by atoms with E-state index in [1.165, 1.54) is 4.57 Å². The fourth-order valence-corrected chi connectivity index (χ4v) is 2.86. The number of hydrogen-bond acceptors (Lipinski definition) is 4. The Labute approximate surface area is 126 Å². The SMILES string of the molecule is NC1CCN(CCn2c(=O)cnc3cc(F)cc(F)c32)CC1. The van der Waals surface area contributed by atoms with E-state index in [9.17, 15) is 13.6 Å². The molecule has 5 nitrogen and oxygen atoms in total. The van der Waals surface area contributed by atoms with Crippen molar-refractivity contribution in [2.45, 2.75) is 25.4 Å². The third kappa shape index (κ3) is 3.00. The number of nitrogens with two attached hydrogens (primary N) is 1. The molecule has 1 saturated heterocycles. The van der Waals surface area contributed by atoms with E-state index in [0.717, 1.165) is 44.3 Å². The largest absolute Gasteiger partial charge is 0.328 e. The first kappa shape index (κ1) is 15.1. The maximum absolute atomic E-state index is 14.0. The summed E-state index contributed by atoms with van der Waals surface area (Å²) in [6.45, 7) is 2.71. The van der Waals surface area contributed by atoms with Gasteiger partial charge in [-0.3, -0.25) is 4.79 Å². The van der Waals surface area contributed by atoms with Crippen LogP contribution in [0.4, 0.5) is 8.78 Å². The van der Waals surface area contributed by atoms with Crippen LogP contribution in [0.3, 0.4) is 0 Å². The summed E-state index contributed by atoms with van der Waals surface area (Å²) in [5.41, 5.74) is 5.69. The molecule has 0 unspecified atom stereocenters. The molecule has 2 aromatic rings. The Hall–Kier alpha value is -1.86. The van der Waals surface area contributed by atoms with Gasteiger partial charge in [-0.25, -0.2) is 13.8 Å². The molecule has 1 aromatic heterocycles. The van der Waals surface area contributed by atoms with Gasteiger partial charge in [-0.2, -0.15) is 0 Å². The second kappa shape index (κ2) is 6.10. The van der Waals surface area contributed by atoms with Crippen molar-refractivity contribution in [2.24, 2.45) is 5.73 Å². The van der Waals surface area contributed by atoms with Gasteiger partial charge in [0.05, 0.1) is 11.7 Å². The van der Waals surface area contributed by atoms with Crippen molar-refractivity contribution in [1.82, 2.24) is 14.5 Å². The molecule has 0 bridgehead atoms. The molecule has 0 radical (unpaired) electrons. The van der Waals surface area contributed by atoms with Crippen LogP contribution in [0.2, 0.25) is 0 Å². The summed E-state index contributed by atoms with van der Waals surface area (Å²) in [6.07, 6.45) is 2.95. The highest BCUT2D eigenvalue weighted by molar-refractivity contribution is 5.75. The molecule has 118 valence electrons. The van der Waals surface area contributed by atoms with Crippen LogP contribution in [-0.4, -0.2) is 40.1 Å². The predicted molar refractivity (Wildman–Crippen MR) is 79.6 cm³/mol. The Morgan fingerprint density at radius 2 is 1.95 bits per heavy atom. The van der Waals surface area contributed by atoms with Crippen LogP contribution in [0.5, 0.6) is 0 Å². The second-order valence-corrected chi connectivity index (χ2v) is 5.68. The van der Waals surface area contributed by atoms with E-state index in [-0.39, 0.29) is 22.6 Å². The van der Waals surface area contributed by atoms with Gasteiger partial charge in [0.25, 0.3) is 5.56 Å². The molecule has 1 aliphatic heterocycles. The van der Waals surface area contributed by atoms with Crippen LogP contribution in [-0.2, 0) is 6.54 Å². The Morgan fingerprint density at radius 1 is 1.23 bits per heavy atom. The summed E-state index contributed by atoms with van der Waals surface area (Å²) in [4.78, 5) is 18.0. The third-order valence-electron chi connectivity index (χ3n) is 4.13. The highest BCUT2D eigenvalue weighted by Crippen LogP contribution is 2.16. The van der Waals surface area contributed by atoms with Crippen LogP contribution in [0.15, 0.2) is 23.1 Å². The van der Waals surface area contributed by atoms with Gasteiger partial charge in [0.15, 0.2) is 5.82 Å². The van der Waals surface area contributed by atoms with E-state index in [1.54, 1.807) is 0 Å². The molecule has 0 spiro atoms. The Balaban J connectivity index is 1.87. The maximum atomic E-state index is 14.0. The molecule has 2 heterocycles. The highest BCUT2D eigenvalue weighted by atomic mass is 19.1. The normalized spacial score (nSPS) is 17.2. The summed E-state index contributed by atoms with van der Waals surface area (Å²) in [5.74, 6) is -1.46. The Bertz CT molecular complexity index is 738. The van der Waals surface area contributed by atoms with Crippen molar-refractivity contribution in [2.75, 3.05) is 19.6 Å². The second-order valence-electron chi connectivity index (χ2n) is 5.68. The predicted octanol–water partition coefficient (Wildman–Crippen LogP) is 1.10. The molecule has 1 fully saturated rings. The molecule has 0 saturated carbocycles. The Morgan fingerprint density at radius 3 is 2.68 bits per heavy atom. The lowest BCUT2D eigenvalue weighted by Crippen LogP contribution is -2.41. The first-order chi connectivity index (χ1) is 10.5. The quantitative estimate of drug-likeness (QED) is 0.922. The lowest BCUT2D eigenvalue weighted by Gasteiger charge is -2.30. The fourth-order valence-electron chi connectivity index (χ4n) is 2.86. The van der Waals surface area contributed by atoms with Gasteiger partial charge in [0, 0.05) is 31.3 Å². The van der Waals surface area contributed by atoms with Crippen molar-refractivity contribution in [1.29, 1.82) is 0 Å². The minimum atomic E-state index is -0.763. The van der Waals surface area contributed by atoms with Gasteiger partial charge < -0.3 is 15.2 Å². The lowest BCUT2D eigenvalue weighted by molar-refractivity contribution is 0.206. The highest BCUT2D eigenvalue weighted by Gasteiger charge is 2.17. The molecule has 0 atom stereocenters. The zero-order chi connectivity index (χ0) is 15.7. The summed E-state index contributed by atoms with van der Waals surface area (Å²) < 4.78 is 28.6. The minimum Gasteiger partial charge on any atom is -0.328 e. The van der Waals surface area contributed by atoms with Crippen molar-refractivity contribution >= 4 is 11.0 Å². The molecule has 3 rings (SSSR count). The smallest absolute Gasteiger partial charge is 0.269 e. The van der Waals surface area contributed by atoms with Gasteiger partial charge in [-0.1, -0.05) is 0 Å². The third-order valence-corrected chi connectivity index (χ3v) is 4.13. The van der Waals surface area contributed by atoms with Crippen molar-refractivity contribution < 1.29 is 8.78 Å². The van der Waals surface area contributed by atoms with Crippen LogP contribution >= 0.6 is 0 Å². The molecule has 22 heavy (non-hydrogen) atoms. The zero-order valence-corrected chi connectivity index (χ0v) is 12.1. The van der Waals surface area contributed by atoms with Crippen LogP contribution in [0, 0.1) is 11.6 Å². The summed E-state index contributed by atoms with van der Waals surface area (Å²) >= 11 is 0. The van der Waals surface area contributed by atoms with E-state index >= 15 is 0 Å². The number of aromatic nitrogens is 2. The maximum Gasteiger partial charge on any atom is 0.269 e. The monoisotopic (exact) mass is 308 g/mol. The van der Waals surface area contributed by atoms with Crippen LogP contribution in [0.1, 0.15) is 12.8 Å². The summed E-state index contributed by atoms with van der Waals surface area (Å²) in [7, 11) is 0. The fraction of sp³-hybridized carbons (Fsp3) is 0.467. The van der Waals surface area contributed by atoms with E-state index in [2.05, 4.69) is 9.88 Å². The molecule has 0 aliphatic carbocycles. The van der Waals surface area contributed by atoms with Gasteiger partial charge in [-0.05, 0) is 25.9 Å². The number of likely N-dealkylation sites (tertiary alicyclic amines) is 1. The van der Waals surface area contributed by atoms with Gasteiger partial charge in [0.2, 0.25) is 0 Å². The Kier molecular flexibility index (Phi) is 4.17. The molecule has 2 N–H and O–H groups in total. The number of fused-ring (bicyclic) bond motifs is 1. The number of hydrogen-bond donors (Lipinski definition) is 1. The number of benzene rings is 1. The molecule has 1 aliphatic rings. The number of piperidine rings is 1. The molecular formula is C15H18F2N4O. The molecule has 1 aromatic carbocycles. The standard InChI is InChI=1S/C15H18F2N4O/c16-10-7-12(17)15-13(8-10)19-9-14(22)21(15)6-5-20-3-1-11(18)2-4-20/h7-9,11H,1-6,18H2. The zero-order valence-electron chi connectivity index (χ0n) is 12.1. The van der Waals surface area contributed by atoms with Gasteiger partial charge in [-0.15, -0.1) is 0 Å². The molecule has 7 heteroatoms. The molecular weight excluding hydrogens is 290 g/mol. The minimum absolute atomic E-state index is 0.0580. The van der Waals surface area contributed by atoms with Gasteiger partial charge >= 0.3 is 0 Å². The van der Waals surface area contributed by atoms with Crippen LogP contribution < -0.4 is 11.3 Å². The van der Waals surface area contributed by atoms with E-state index in [0.29, 0.717) is 13.1 Å². The summed E-state index contributed by atoms with van der Waals surface area (Å²) in [5, 5.41) is 0. The van der Waals surface area contributed by atoms with Crippen molar-refractivity contribution in [3.63, 3.8) is 0 Å².